The summed E-state index contributed by atoms with van der Waals surface area (Å²) in [5.41, 5.74) is 6.67. The molecule has 0 saturated heterocycles. The number of amides is 1. The Morgan fingerprint density at radius 3 is 2.43 bits per heavy atom. The smallest absolute Gasteiger partial charge is 0.240 e. The Labute approximate surface area is 141 Å². The van der Waals surface area contributed by atoms with Crippen molar-refractivity contribution in [2.75, 3.05) is 0 Å². The molecule has 2 aromatic carbocycles. The zero-order valence-electron chi connectivity index (χ0n) is 13.1. The molecule has 120 valence electrons. The molecule has 0 heterocycles. The molecule has 3 N–H and O–H groups in total. The monoisotopic (exact) mass is 326 g/mol. The lowest BCUT2D eigenvalue weighted by Gasteiger charge is -2.22. The van der Waals surface area contributed by atoms with E-state index in [-0.39, 0.29) is 5.91 Å². The van der Waals surface area contributed by atoms with Crippen LogP contribution in [0.4, 0.5) is 0 Å². The fraction of sp³-hybridized carbons (Fsp3) is 0.316. The van der Waals surface area contributed by atoms with Gasteiger partial charge < -0.3 is 11.1 Å². The standard InChI is InChI=1S/C19H22N2OS/c20-19(12-6-7-13-19)18(22)21-14-15-8-4-5-11-17(15)23-16-9-2-1-3-10-16/h1-5,8-11H,6-7,12-14,20H2,(H,21,22). The number of rotatable bonds is 5. The van der Waals surface area contributed by atoms with Crippen molar-refractivity contribution in [1.29, 1.82) is 0 Å². The number of carbonyl (C=O) groups is 1. The van der Waals surface area contributed by atoms with Gasteiger partial charge in [0, 0.05) is 16.3 Å². The van der Waals surface area contributed by atoms with Gasteiger partial charge in [0.05, 0.1) is 5.54 Å². The molecule has 2 aromatic rings. The molecule has 0 aromatic heterocycles. The molecule has 1 aliphatic rings. The second kappa shape index (κ2) is 7.20. The van der Waals surface area contributed by atoms with Gasteiger partial charge in [-0.05, 0) is 36.6 Å². The first-order valence-electron chi connectivity index (χ1n) is 8.05. The van der Waals surface area contributed by atoms with Crippen molar-refractivity contribution in [3.63, 3.8) is 0 Å². The number of hydrogen-bond acceptors (Lipinski definition) is 3. The lowest BCUT2D eigenvalue weighted by Crippen LogP contribution is -2.51. The van der Waals surface area contributed by atoms with Crippen molar-refractivity contribution in [2.45, 2.75) is 47.6 Å². The first-order chi connectivity index (χ1) is 11.2. The van der Waals surface area contributed by atoms with E-state index in [1.165, 1.54) is 4.90 Å². The molecule has 0 spiro atoms. The van der Waals surface area contributed by atoms with E-state index in [0.29, 0.717) is 6.54 Å². The third kappa shape index (κ3) is 3.95. The van der Waals surface area contributed by atoms with Crippen molar-refractivity contribution in [2.24, 2.45) is 5.73 Å². The minimum Gasteiger partial charge on any atom is -0.350 e. The van der Waals surface area contributed by atoms with Gasteiger partial charge in [0.2, 0.25) is 5.91 Å². The molecule has 0 unspecified atom stereocenters. The van der Waals surface area contributed by atoms with Gasteiger partial charge in [-0.15, -0.1) is 0 Å². The summed E-state index contributed by atoms with van der Waals surface area (Å²) in [6.07, 6.45) is 3.67. The topological polar surface area (TPSA) is 55.1 Å². The molecule has 1 amide bonds. The summed E-state index contributed by atoms with van der Waals surface area (Å²) < 4.78 is 0. The molecule has 0 bridgehead atoms. The van der Waals surface area contributed by atoms with Crippen molar-refractivity contribution in [3.05, 3.63) is 60.2 Å². The van der Waals surface area contributed by atoms with E-state index in [2.05, 4.69) is 29.6 Å². The Morgan fingerprint density at radius 2 is 1.70 bits per heavy atom. The average Bonchev–Trinajstić information content (AvgIpc) is 3.03. The van der Waals surface area contributed by atoms with Gasteiger partial charge in [0.15, 0.2) is 0 Å². The molecule has 0 aliphatic heterocycles. The van der Waals surface area contributed by atoms with E-state index in [4.69, 9.17) is 5.73 Å². The van der Waals surface area contributed by atoms with Gasteiger partial charge in [-0.3, -0.25) is 4.79 Å². The SMILES string of the molecule is NC1(C(=O)NCc2ccccc2Sc2ccccc2)CCCC1. The normalized spacial score (nSPS) is 16.2. The number of hydrogen-bond donors (Lipinski definition) is 2. The second-order valence-electron chi connectivity index (χ2n) is 6.07. The molecule has 1 saturated carbocycles. The summed E-state index contributed by atoms with van der Waals surface area (Å²) in [6.45, 7) is 0.522. The number of nitrogens with two attached hydrogens (primary N) is 1. The number of nitrogens with one attached hydrogen (secondary N) is 1. The maximum Gasteiger partial charge on any atom is 0.240 e. The fourth-order valence-corrected chi connectivity index (χ4v) is 3.91. The summed E-state index contributed by atoms with van der Waals surface area (Å²) in [7, 11) is 0. The van der Waals surface area contributed by atoms with Crippen LogP contribution in [-0.4, -0.2) is 11.4 Å². The highest BCUT2D eigenvalue weighted by Crippen LogP contribution is 2.31. The van der Waals surface area contributed by atoms with Crippen molar-refractivity contribution < 1.29 is 4.79 Å². The van der Waals surface area contributed by atoms with Gasteiger partial charge in [0.25, 0.3) is 0 Å². The van der Waals surface area contributed by atoms with Crippen LogP contribution in [0.2, 0.25) is 0 Å². The van der Waals surface area contributed by atoms with E-state index < -0.39 is 5.54 Å². The molecule has 3 rings (SSSR count). The zero-order valence-corrected chi connectivity index (χ0v) is 13.9. The Bertz CT molecular complexity index is 666. The molecule has 0 atom stereocenters. The van der Waals surface area contributed by atoms with Gasteiger partial charge in [0.1, 0.15) is 0 Å². The van der Waals surface area contributed by atoms with Crippen LogP contribution in [0, 0.1) is 0 Å². The molecule has 1 aliphatic carbocycles. The molecule has 3 nitrogen and oxygen atoms in total. The van der Waals surface area contributed by atoms with Crippen LogP contribution in [0.15, 0.2) is 64.4 Å². The molecular formula is C19H22N2OS. The Kier molecular flexibility index (Phi) is 5.03. The molecule has 0 radical (unpaired) electrons. The fourth-order valence-electron chi connectivity index (χ4n) is 2.95. The van der Waals surface area contributed by atoms with Crippen LogP contribution >= 0.6 is 11.8 Å². The maximum atomic E-state index is 12.4. The van der Waals surface area contributed by atoms with Gasteiger partial charge in [-0.25, -0.2) is 0 Å². The summed E-state index contributed by atoms with van der Waals surface area (Å²) in [6, 6.07) is 18.4. The van der Waals surface area contributed by atoms with Crippen molar-refractivity contribution >= 4 is 17.7 Å². The van der Waals surface area contributed by atoms with Crippen LogP contribution in [0.5, 0.6) is 0 Å². The highest BCUT2D eigenvalue weighted by molar-refractivity contribution is 7.99. The average molecular weight is 326 g/mol. The molecular weight excluding hydrogens is 304 g/mol. The van der Waals surface area contributed by atoms with Crippen LogP contribution in [0.3, 0.4) is 0 Å². The largest absolute Gasteiger partial charge is 0.350 e. The summed E-state index contributed by atoms with van der Waals surface area (Å²) in [5, 5.41) is 3.03. The predicted octanol–water partition coefficient (Wildman–Crippen LogP) is 3.73. The molecule has 4 heteroatoms. The third-order valence-electron chi connectivity index (χ3n) is 4.33. The van der Waals surface area contributed by atoms with Gasteiger partial charge in [-0.2, -0.15) is 0 Å². The quantitative estimate of drug-likeness (QED) is 0.880. The van der Waals surface area contributed by atoms with Gasteiger partial charge in [-0.1, -0.05) is 61.0 Å². The number of carbonyl (C=O) groups excluding carboxylic acids is 1. The van der Waals surface area contributed by atoms with Crippen LogP contribution in [-0.2, 0) is 11.3 Å². The molecule has 1 fully saturated rings. The minimum absolute atomic E-state index is 0.0190. The van der Waals surface area contributed by atoms with Crippen molar-refractivity contribution in [3.8, 4) is 0 Å². The first kappa shape index (κ1) is 16.1. The van der Waals surface area contributed by atoms with E-state index in [1.54, 1.807) is 11.8 Å². The Morgan fingerprint density at radius 1 is 1.04 bits per heavy atom. The first-order valence-corrected chi connectivity index (χ1v) is 8.87. The lowest BCUT2D eigenvalue weighted by atomic mass is 9.98. The highest BCUT2D eigenvalue weighted by atomic mass is 32.2. The van der Waals surface area contributed by atoms with E-state index >= 15 is 0 Å². The number of benzene rings is 2. The second-order valence-corrected chi connectivity index (χ2v) is 7.18. The minimum atomic E-state index is -0.665. The maximum absolute atomic E-state index is 12.4. The third-order valence-corrected chi connectivity index (χ3v) is 5.46. The summed E-state index contributed by atoms with van der Waals surface area (Å²) in [5.74, 6) is -0.0190. The van der Waals surface area contributed by atoms with E-state index in [1.807, 2.05) is 30.3 Å². The summed E-state index contributed by atoms with van der Waals surface area (Å²) >= 11 is 1.71. The molecule has 23 heavy (non-hydrogen) atoms. The predicted molar refractivity (Wildman–Crippen MR) is 94.2 cm³/mol. The van der Waals surface area contributed by atoms with Crippen LogP contribution < -0.4 is 11.1 Å². The lowest BCUT2D eigenvalue weighted by molar-refractivity contribution is -0.126. The van der Waals surface area contributed by atoms with Crippen LogP contribution in [0.1, 0.15) is 31.2 Å². The van der Waals surface area contributed by atoms with Crippen molar-refractivity contribution in [1.82, 2.24) is 5.32 Å². The highest BCUT2D eigenvalue weighted by Gasteiger charge is 2.36. The summed E-state index contributed by atoms with van der Waals surface area (Å²) in [4.78, 5) is 14.7. The van der Waals surface area contributed by atoms with Crippen LogP contribution in [0.25, 0.3) is 0 Å². The van der Waals surface area contributed by atoms with Gasteiger partial charge >= 0.3 is 0 Å². The Balaban J connectivity index is 1.67. The van der Waals surface area contributed by atoms with E-state index in [0.717, 1.165) is 36.1 Å². The Hall–Kier alpha value is -1.78. The van der Waals surface area contributed by atoms with E-state index in [9.17, 15) is 4.79 Å². The zero-order chi connectivity index (χ0) is 16.1.